The Bertz CT molecular complexity index is 885. The zero-order valence-corrected chi connectivity index (χ0v) is 20.6. The number of rotatable bonds is 8. The average Bonchev–Trinajstić information content (AvgIpc) is 3.73. The Morgan fingerprint density at radius 2 is 1.94 bits per heavy atom. The van der Waals surface area contributed by atoms with Gasteiger partial charge in [-0.3, -0.25) is 4.79 Å². The average molecular weight is 589 g/mol. The van der Waals surface area contributed by atoms with E-state index in [2.05, 4.69) is 16.5 Å². The first-order valence-corrected chi connectivity index (χ1v) is 12.8. The van der Waals surface area contributed by atoms with Crippen molar-refractivity contribution in [3.8, 4) is 0 Å². The Balaban J connectivity index is 1.32. The molecule has 0 radical (unpaired) electrons. The van der Waals surface area contributed by atoms with Gasteiger partial charge in [0.2, 0.25) is 5.91 Å². The Hall–Kier alpha value is -1.91. The molecule has 0 bridgehead atoms. The SMILES string of the molecule is NC(c1ccc(C(=O)N[C-]=CC=N[CH]=[W])cc1)C1CN1C(=O)C1(C2CCCCC2)CC1. The van der Waals surface area contributed by atoms with Crippen LogP contribution in [0.15, 0.2) is 35.3 Å². The zero-order valence-electron chi connectivity index (χ0n) is 17.6. The minimum Gasteiger partial charge on any atom is -0.333 e. The maximum Gasteiger partial charge on any atom is 0.229 e. The summed E-state index contributed by atoms with van der Waals surface area (Å²) in [6, 6.07) is 7.15. The third kappa shape index (κ3) is 4.96. The molecule has 1 saturated heterocycles. The van der Waals surface area contributed by atoms with E-state index >= 15 is 0 Å². The molecule has 2 amide bonds. The van der Waals surface area contributed by atoms with Gasteiger partial charge < -0.3 is 10.6 Å². The molecular formula is C24H29N4O2W-. The summed E-state index contributed by atoms with van der Waals surface area (Å²) in [4.78, 5) is 31.4. The van der Waals surface area contributed by atoms with Crippen LogP contribution in [0.2, 0.25) is 0 Å². The van der Waals surface area contributed by atoms with Gasteiger partial charge in [0, 0.05) is 6.54 Å². The number of hydrogen-bond donors (Lipinski definition) is 2. The summed E-state index contributed by atoms with van der Waals surface area (Å²) in [7, 11) is 0. The monoisotopic (exact) mass is 589 g/mol. The van der Waals surface area contributed by atoms with Crippen molar-refractivity contribution in [2.75, 3.05) is 6.54 Å². The van der Waals surface area contributed by atoms with Crippen molar-refractivity contribution in [1.29, 1.82) is 0 Å². The molecule has 1 aromatic rings. The van der Waals surface area contributed by atoms with Gasteiger partial charge in [0.05, 0.1) is 11.5 Å². The van der Waals surface area contributed by atoms with E-state index in [-0.39, 0.29) is 23.4 Å². The first-order valence-electron chi connectivity index (χ1n) is 11.1. The fraction of sp³-hybridized carbons (Fsp3) is 0.500. The first kappa shape index (κ1) is 22.3. The number of nitrogens with two attached hydrogens (primary N) is 1. The predicted octanol–water partition coefficient (Wildman–Crippen LogP) is 2.68. The number of aliphatic imine (C=N–C) groups is 1. The van der Waals surface area contributed by atoms with E-state index in [1.165, 1.54) is 51.5 Å². The minimum absolute atomic E-state index is 0.0704. The smallest absolute Gasteiger partial charge is 0.229 e. The van der Waals surface area contributed by atoms with Crippen molar-refractivity contribution in [2.24, 2.45) is 22.1 Å². The first-order chi connectivity index (χ1) is 15.1. The van der Waals surface area contributed by atoms with Crippen LogP contribution in [0.1, 0.15) is 66.9 Å². The Kier molecular flexibility index (Phi) is 6.98. The summed E-state index contributed by atoms with van der Waals surface area (Å²) in [5, 5.41) is 2.59. The van der Waals surface area contributed by atoms with Gasteiger partial charge in [0.15, 0.2) is 0 Å². The summed E-state index contributed by atoms with van der Waals surface area (Å²) >= 11 is 1.26. The normalized spacial score (nSPS) is 23.6. The van der Waals surface area contributed by atoms with Crippen molar-refractivity contribution >= 4 is 22.6 Å². The maximum absolute atomic E-state index is 13.2. The van der Waals surface area contributed by atoms with E-state index in [9.17, 15) is 9.59 Å². The topological polar surface area (TPSA) is 87.6 Å². The molecule has 3 aliphatic rings. The van der Waals surface area contributed by atoms with Gasteiger partial charge in [-0.2, -0.15) is 0 Å². The molecule has 2 atom stereocenters. The van der Waals surface area contributed by atoms with Gasteiger partial charge in [-0.1, -0.05) is 19.3 Å². The predicted molar refractivity (Wildman–Crippen MR) is 117 cm³/mol. The molecule has 3 N–H and O–H groups in total. The van der Waals surface area contributed by atoms with Gasteiger partial charge >= 0.3 is 105 Å². The molecule has 1 aliphatic heterocycles. The van der Waals surface area contributed by atoms with Crippen LogP contribution in [0.4, 0.5) is 0 Å². The van der Waals surface area contributed by atoms with Crippen LogP contribution >= 0.6 is 0 Å². The molecular weight excluding hydrogens is 560 g/mol. The molecule has 164 valence electrons. The zero-order chi connectivity index (χ0) is 21.8. The van der Waals surface area contributed by atoms with E-state index in [0.717, 1.165) is 24.9 Å². The van der Waals surface area contributed by atoms with Gasteiger partial charge in [-0.25, -0.2) is 0 Å². The molecule has 4 rings (SSSR count). The molecule has 1 aromatic carbocycles. The van der Waals surface area contributed by atoms with E-state index in [4.69, 9.17) is 5.73 Å². The number of nitrogens with one attached hydrogen (secondary N) is 1. The van der Waals surface area contributed by atoms with Crippen molar-refractivity contribution in [2.45, 2.75) is 57.0 Å². The number of carbonyl (C=O) groups is 2. The van der Waals surface area contributed by atoms with Crippen molar-refractivity contribution < 1.29 is 28.9 Å². The number of amides is 2. The van der Waals surface area contributed by atoms with Crippen LogP contribution in [0.25, 0.3) is 0 Å². The molecule has 2 saturated carbocycles. The maximum atomic E-state index is 13.2. The van der Waals surface area contributed by atoms with Crippen LogP contribution in [0.5, 0.6) is 0 Å². The quantitative estimate of drug-likeness (QED) is 0.212. The Labute approximate surface area is 194 Å². The van der Waals surface area contributed by atoms with Crippen LogP contribution in [-0.2, 0) is 24.1 Å². The van der Waals surface area contributed by atoms with Gasteiger partial charge in [-0.05, 0) is 31.6 Å². The number of benzene rings is 1. The molecule has 6 nitrogen and oxygen atoms in total. The number of nitrogens with zero attached hydrogens (tertiary/aromatic N) is 2. The van der Waals surface area contributed by atoms with Crippen molar-refractivity contribution in [3.63, 3.8) is 0 Å². The largest absolute Gasteiger partial charge is 0.333 e. The van der Waals surface area contributed by atoms with Crippen molar-refractivity contribution in [1.82, 2.24) is 10.2 Å². The molecule has 2 unspecified atom stereocenters. The van der Waals surface area contributed by atoms with Gasteiger partial charge in [-0.15, -0.1) is 0 Å². The fourth-order valence-electron chi connectivity index (χ4n) is 4.94. The van der Waals surface area contributed by atoms with Crippen LogP contribution in [-0.4, -0.2) is 40.0 Å². The second kappa shape index (κ2) is 9.70. The number of allylic oxidation sites excluding steroid dienone is 1. The standard InChI is InChI=1S/C24H29N4O2.W/c1-26-14-5-15-27-22(29)18-10-8-17(9-11-18)21(25)20-16-28(20)23(30)24(12-13-24)19-6-3-2-4-7-19;/h1,5,8-11,14,19-21H,2-4,6-7,12-13,16,25H2,(H,27,29);/q-1;. The second-order valence-electron chi connectivity index (χ2n) is 8.83. The molecule has 0 aromatic heterocycles. The fourth-order valence-corrected chi connectivity index (χ4v) is 5.19. The number of hydrogen-bond acceptors (Lipinski definition) is 4. The summed E-state index contributed by atoms with van der Waals surface area (Å²) in [6.07, 6.45) is 14.2. The third-order valence-electron chi connectivity index (χ3n) is 6.98. The van der Waals surface area contributed by atoms with E-state index in [0.29, 0.717) is 17.4 Å². The molecule has 1 heterocycles. The molecule has 0 spiro atoms. The third-order valence-corrected chi connectivity index (χ3v) is 7.41. The van der Waals surface area contributed by atoms with Gasteiger partial charge in [0.25, 0.3) is 0 Å². The van der Waals surface area contributed by atoms with Crippen molar-refractivity contribution in [3.05, 3.63) is 47.7 Å². The van der Waals surface area contributed by atoms with Crippen LogP contribution in [0.3, 0.4) is 0 Å². The van der Waals surface area contributed by atoms with Crippen LogP contribution < -0.4 is 11.1 Å². The van der Waals surface area contributed by atoms with Gasteiger partial charge in [0.1, 0.15) is 0 Å². The van der Waals surface area contributed by atoms with E-state index in [1.54, 1.807) is 28.9 Å². The van der Waals surface area contributed by atoms with E-state index < -0.39 is 0 Å². The Morgan fingerprint density at radius 1 is 1.23 bits per heavy atom. The molecule has 7 heteroatoms. The summed E-state index contributed by atoms with van der Waals surface area (Å²) < 4.78 is 1.73. The molecule has 31 heavy (non-hydrogen) atoms. The number of carbonyl (C=O) groups excluding carboxylic acids is 2. The molecule has 2 aliphatic carbocycles. The van der Waals surface area contributed by atoms with E-state index in [1.807, 2.05) is 17.0 Å². The summed E-state index contributed by atoms with van der Waals surface area (Å²) in [5.74, 6) is 0.674. The molecule has 3 fully saturated rings. The second-order valence-corrected chi connectivity index (χ2v) is 9.59. The summed E-state index contributed by atoms with van der Waals surface area (Å²) in [6.45, 7) is 0.745. The Morgan fingerprint density at radius 3 is 2.58 bits per heavy atom. The summed E-state index contributed by atoms with van der Waals surface area (Å²) in [5.41, 5.74) is 7.91. The van der Waals surface area contributed by atoms with Crippen LogP contribution in [0, 0.1) is 17.5 Å². The minimum atomic E-state index is -0.234.